The Labute approximate surface area is 74.9 Å². The first-order chi connectivity index (χ1) is 5.77. The minimum absolute atomic E-state index is 0.850. The van der Waals surface area contributed by atoms with Gasteiger partial charge >= 0.3 is 0 Å². The Balaban J connectivity index is 2.40. The van der Waals surface area contributed by atoms with Gasteiger partial charge in [0.05, 0.1) is 21.3 Å². The van der Waals surface area contributed by atoms with Gasteiger partial charge in [0.1, 0.15) is 0 Å². The van der Waals surface area contributed by atoms with Gasteiger partial charge in [-0.3, -0.25) is 0 Å². The Morgan fingerprint density at radius 2 is 2.25 bits per heavy atom. The second kappa shape index (κ2) is 2.79. The van der Waals surface area contributed by atoms with E-state index < -0.39 is 0 Å². The number of hydrogen-bond acceptors (Lipinski definition) is 4. The van der Waals surface area contributed by atoms with Crippen molar-refractivity contribution in [3.05, 3.63) is 15.6 Å². The molecule has 62 valence electrons. The molecule has 0 amide bonds. The maximum Gasteiger partial charge on any atom is 0.0904 e. The Morgan fingerprint density at radius 3 is 2.75 bits per heavy atom. The molecule has 0 N–H and O–H groups in total. The zero-order valence-electron chi connectivity index (χ0n) is 7.03. The zero-order valence-corrected chi connectivity index (χ0v) is 7.85. The lowest BCUT2D eigenvalue weighted by atomic mass is 10.2. The van der Waals surface area contributed by atoms with Gasteiger partial charge in [-0.1, -0.05) is 0 Å². The first kappa shape index (κ1) is 7.61. The van der Waals surface area contributed by atoms with Gasteiger partial charge in [-0.25, -0.2) is 4.98 Å². The smallest absolute Gasteiger partial charge is 0.0904 e. The molecule has 1 aliphatic rings. The molecule has 0 aromatic carbocycles. The van der Waals surface area contributed by atoms with Crippen LogP contribution in [0.25, 0.3) is 0 Å². The topological polar surface area (TPSA) is 37.6 Å². The van der Waals surface area contributed by atoms with Gasteiger partial charge in [-0.15, -0.1) is 11.3 Å². The number of aromatic nitrogens is 1. The lowest BCUT2D eigenvalue weighted by molar-refractivity contribution is 1.19. The van der Waals surface area contributed by atoms with Crippen LogP contribution in [-0.2, 0) is 0 Å². The molecule has 0 saturated carbocycles. The number of rotatable bonds is 1. The predicted molar refractivity (Wildman–Crippen MR) is 51.2 cm³/mol. The second-order valence-corrected chi connectivity index (χ2v) is 3.90. The van der Waals surface area contributed by atoms with E-state index in [4.69, 9.17) is 0 Å². The van der Waals surface area contributed by atoms with E-state index in [1.807, 2.05) is 20.1 Å². The Morgan fingerprint density at radius 1 is 1.42 bits per heavy atom. The van der Waals surface area contributed by atoms with Crippen molar-refractivity contribution in [1.82, 2.24) is 4.98 Å². The van der Waals surface area contributed by atoms with Crippen LogP contribution in [0.3, 0.4) is 0 Å². The van der Waals surface area contributed by atoms with Crippen LogP contribution in [-0.4, -0.2) is 16.9 Å². The zero-order chi connectivity index (χ0) is 8.55. The molecular weight excluding hydrogens is 170 g/mol. The van der Waals surface area contributed by atoms with Crippen LogP contribution in [0, 0.1) is 13.8 Å². The van der Waals surface area contributed by atoms with Crippen LogP contribution in [0.2, 0.25) is 0 Å². The number of nitrogens with zero attached hydrogens (tertiary/aromatic N) is 3. The Hall–Kier alpha value is -1.03. The fraction of sp³-hybridized carbons (Fsp3) is 0.375. The van der Waals surface area contributed by atoms with Crippen molar-refractivity contribution in [3.8, 4) is 0 Å². The highest BCUT2D eigenvalue weighted by molar-refractivity contribution is 7.13. The van der Waals surface area contributed by atoms with Crippen molar-refractivity contribution in [3.63, 3.8) is 0 Å². The van der Waals surface area contributed by atoms with Crippen LogP contribution >= 0.6 is 11.3 Å². The van der Waals surface area contributed by atoms with Crippen molar-refractivity contribution >= 4 is 23.3 Å². The summed E-state index contributed by atoms with van der Waals surface area (Å²) in [5.41, 5.74) is 2.12. The number of thiazole rings is 1. The molecule has 0 saturated heterocycles. The van der Waals surface area contributed by atoms with Gasteiger partial charge in [-0.2, -0.15) is 10.2 Å². The van der Waals surface area contributed by atoms with E-state index in [9.17, 15) is 0 Å². The molecule has 0 radical (unpaired) electrons. The van der Waals surface area contributed by atoms with E-state index in [1.165, 1.54) is 4.88 Å². The number of hydrogen-bond donors (Lipinski definition) is 0. The van der Waals surface area contributed by atoms with E-state index in [2.05, 4.69) is 15.2 Å². The first-order valence-electron chi connectivity index (χ1n) is 3.80. The average molecular weight is 179 g/mol. The standard InChI is InChI=1S/C8H9N3S/c1-5-8(12-6(2)10-5)7-3-4-9-11-7/h4H,3H2,1-2H3. The molecule has 1 aromatic heterocycles. The molecule has 0 atom stereocenters. The Bertz CT molecular complexity index is 362. The van der Waals surface area contributed by atoms with E-state index >= 15 is 0 Å². The van der Waals surface area contributed by atoms with Crippen LogP contribution in [0.1, 0.15) is 22.0 Å². The molecule has 2 rings (SSSR count). The van der Waals surface area contributed by atoms with E-state index in [0.29, 0.717) is 0 Å². The van der Waals surface area contributed by atoms with Gasteiger partial charge in [0.25, 0.3) is 0 Å². The molecule has 2 heterocycles. The maximum atomic E-state index is 4.34. The van der Waals surface area contributed by atoms with Crippen LogP contribution in [0.4, 0.5) is 0 Å². The lowest BCUT2D eigenvalue weighted by Gasteiger charge is -1.92. The third kappa shape index (κ3) is 1.18. The molecule has 0 unspecified atom stereocenters. The summed E-state index contributed by atoms with van der Waals surface area (Å²) in [6, 6.07) is 0. The van der Waals surface area contributed by atoms with Gasteiger partial charge in [0, 0.05) is 12.6 Å². The molecule has 12 heavy (non-hydrogen) atoms. The van der Waals surface area contributed by atoms with Gasteiger partial charge in [0.2, 0.25) is 0 Å². The van der Waals surface area contributed by atoms with Gasteiger partial charge < -0.3 is 0 Å². The lowest BCUT2D eigenvalue weighted by Crippen LogP contribution is -1.96. The largest absolute Gasteiger partial charge is 0.246 e. The average Bonchev–Trinajstić information content (AvgIpc) is 2.58. The molecule has 0 fully saturated rings. The molecule has 0 aliphatic carbocycles. The normalized spacial score (nSPS) is 15.3. The molecule has 4 heteroatoms. The molecule has 1 aliphatic heterocycles. The molecule has 3 nitrogen and oxygen atoms in total. The third-order valence-electron chi connectivity index (χ3n) is 1.71. The maximum absolute atomic E-state index is 4.34. The highest BCUT2D eigenvalue weighted by Crippen LogP contribution is 2.20. The fourth-order valence-corrected chi connectivity index (χ4v) is 2.13. The predicted octanol–water partition coefficient (Wildman–Crippen LogP) is 1.94. The summed E-state index contributed by atoms with van der Waals surface area (Å²) in [4.78, 5) is 5.52. The molecule has 1 aromatic rings. The van der Waals surface area contributed by atoms with Crippen molar-refractivity contribution in [2.45, 2.75) is 20.3 Å². The molecule has 0 bridgehead atoms. The van der Waals surface area contributed by atoms with Crippen molar-refractivity contribution in [2.24, 2.45) is 10.2 Å². The monoisotopic (exact) mass is 179 g/mol. The summed E-state index contributed by atoms with van der Waals surface area (Å²) in [6.45, 7) is 4.03. The number of aryl methyl sites for hydroxylation is 2. The van der Waals surface area contributed by atoms with E-state index in [0.717, 1.165) is 22.8 Å². The minimum atomic E-state index is 0.850. The highest BCUT2D eigenvalue weighted by Gasteiger charge is 2.12. The summed E-state index contributed by atoms with van der Waals surface area (Å²) in [7, 11) is 0. The Kier molecular flexibility index (Phi) is 1.77. The van der Waals surface area contributed by atoms with Crippen molar-refractivity contribution in [1.29, 1.82) is 0 Å². The highest BCUT2D eigenvalue weighted by atomic mass is 32.1. The summed E-state index contributed by atoms with van der Waals surface area (Å²) < 4.78 is 0. The van der Waals surface area contributed by atoms with Gasteiger partial charge in [0.15, 0.2) is 0 Å². The van der Waals surface area contributed by atoms with Crippen LogP contribution in [0.5, 0.6) is 0 Å². The van der Waals surface area contributed by atoms with E-state index in [-0.39, 0.29) is 0 Å². The summed E-state index contributed by atoms with van der Waals surface area (Å²) in [5.74, 6) is 0. The van der Waals surface area contributed by atoms with Crippen LogP contribution in [0.15, 0.2) is 10.2 Å². The first-order valence-corrected chi connectivity index (χ1v) is 4.62. The van der Waals surface area contributed by atoms with Crippen LogP contribution < -0.4 is 0 Å². The summed E-state index contributed by atoms with van der Waals surface area (Å²) >= 11 is 1.69. The summed E-state index contributed by atoms with van der Waals surface area (Å²) in [6.07, 6.45) is 2.67. The summed E-state index contributed by atoms with van der Waals surface area (Å²) in [5, 5.41) is 8.96. The fourth-order valence-electron chi connectivity index (χ4n) is 1.22. The second-order valence-electron chi connectivity index (χ2n) is 2.70. The van der Waals surface area contributed by atoms with Crippen molar-refractivity contribution < 1.29 is 0 Å². The van der Waals surface area contributed by atoms with E-state index in [1.54, 1.807) is 11.3 Å². The molecule has 0 spiro atoms. The third-order valence-corrected chi connectivity index (χ3v) is 2.83. The quantitative estimate of drug-likeness (QED) is 0.649. The van der Waals surface area contributed by atoms with Crippen molar-refractivity contribution in [2.75, 3.05) is 0 Å². The SMILES string of the molecule is Cc1nc(C)c(C2=NN=CC2)s1. The molecular formula is C8H9N3S. The van der Waals surface area contributed by atoms with Gasteiger partial charge in [-0.05, 0) is 13.8 Å². The minimum Gasteiger partial charge on any atom is -0.246 e.